The Hall–Kier alpha value is -2.37. The first-order chi connectivity index (χ1) is 29.4. The zero-order valence-electron chi connectivity index (χ0n) is 39.4. The predicted molar refractivity (Wildman–Crippen MR) is 254 cm³/mol. The van der Waals surface area contributed by atoms with E-state index in [-0.39, 0.29) is 35.8 Å². The summed E-state index contributed by atoms with van der Waals surface area (Å²) in [6.45, 7) is 6.83. The molecule has 0 aliphatic heterocycles. The SMILES string of the molecule is CCCCCCCCCC1CCC(NC(=O)c2cc(C(=O)NC3CCC(CCCCCCCCC)CC3)cc(C(=O)NC3CCC(CCCCCCCCC)CC3)c2)CC1. The summed E-state index contributed by atoms with van der Waals surface area (Å²) >= 11 is 0. The van der Waals surface area contributed by atoms with Crippen molar-refractivity contribution in [2.45, 2.75) is 270 Å². The second-order valence-electron chi connectivity index (χ2n) is 20.1. The lowest BCUT2D eigenvalue weighted by molar-refractivity contribution is 0.0920. The van der Waals surface area contributed by atoms with Crippen molar-refractivity contribution in [3.63, 3.8) is 0 Å². The molecule has 6 nitrogen and oxygen atoms in total. The fourth-order valence-electron chi connectivity index (χ4n) is 10.8. The Bertz CT molecular complexity index is 1140. The molecule has 1 aromatic rings. The third kappa shape index (κ3) is 20.2. The topological polar surface area (TPSA) is 87.3 Å². The lowest BCUT2D eigenvalue weighted by Gasteiger charge is -2.30. The van der Waals surface area contributed by atoms with Crippen LogP contribution in [-0.4, -0.2) is 35.8 Å². The fourth-order valence-corrected chi connectivity index (χ4v) is 10.8. The number of rotatable bonds is 30. The zero-order valence-corrected chi connectivity index (χ0v) is 39.4. The largest absolute Gasteiger partial charge is 0.349 e. The molecule has 0 unspecified atom stereocenters. The highest BCUT2D eigenvalue weighted by atomic mass is 16.2. The molecule has 60 heavy (non-hydrogen) atoms. The number of benzene rings is 1. The van der Waals surface area contributed by atoms with Crippen molar-refractivity contribution in [3.8, 4) is 0 Å². The second-order valence-corrected chi connectivity index (χ2v) is 20.1. The standard InChI is InChI=1S/C54H93N3O3/c1-4-7-10-13-16-19-22-25-43-28-34-49(35-29-43)55-52(58)46-40-47(53(59)56-50-36-30-44(31-37-50)26-23-20-17-14-11-8-5-2)42-48(41-46)54(60)57-51-38-32-45(33-39-51)27-24-21-18-15-12-9-6-3/h40-45,49-51H,4-39H2,1-3H3,(H,55,58)(H,56,59)(H,57,60). The summed E-state index contributed by atoms with van der Waals surface area (Å²) in [7, 11) is 0. The molecular formula is C54H93N3O3. The monoisotopic (exact) mass is 832 g/mol. The molecule has 4 rings (SSSR count). The summed E-state index contributed by atoms with van der Waals surface area (Å²) in [5.74, 6) is 1.81. The van der Waals surface area contributed by atoms with Gasteiger partial charge in [-0.15, -0.1) is 0 Å². The third-order valence-corrected chi connectivity index (χ3v) is 14.9. The lowest BCUT2D eigenvalue weighted by Crippen LogP contribution is -2.40. The highest BCUT2D eigenvalue weighted by Gasteiger charge is 2.27. The number of carbonyl (C=O) groups excluding carboxylic acids is 3. The van der Waals surface area contributed by atoms with Crippen LogP contribution in [0.25, 0.3) is 0 Å². The van der Waals surface area contributed by atoms with Gasteiger partial charge in [0, 0.05) is 34.8 Å². The van der Waals surface area contributed by atoms with Crippen molar-refractivity contribution in [1.29, 1.82) is 0 Å². The van der Waals surface area contributed by atoms with Crippen LogP contribution >= 0.6 is 0 Å². The molecule has 0 bridgehead atoms. The van der Waals surface area contributed by atoms with Crippen LogP contribution in [0.1, 0.15) is 283 Å². The number of nitrogens with one attached hydrogen (secondary N) is 3. The van der Waals surface area contributed by atoms with Crippen molar-refractivity contribution < 1.29 is 14.4 Å². The Kier molecular flexibility index (Phi) is 25.7. The number of amides is 3. The van der Waals surface area contributed by atoms with Crippen LogP contribution in [0.3, 0.4) is 0 Å². The Morgan fingerprint density at radius 3 is 0.800 bits per heavy atom. The smallest absolute Gasteiger partial charge is 0.251 e. The normalized spacial score (nSPS) is 23.2. The first kappa shape index (κ1) is 50.3. The van der Waals surface area contributed by atoms with E-state index in [1.54, 1.807) is 18.2 Å². The van der Waals surface area contributed by atoms with Gasteiger partial charge in [0.15, 0.2) is 0 Å². The van der Waals surface area contributed by atoms with Gasteiger partial charge in [-0.25, -0.2) is 0 Å². The molecule has 1 aromatic carbocycles. The van der Waals surface area contributed by atoms with E-state index in [1.165, 1.54) is 193 Å². The lowest BCUT2D eigenvalue weighted by atomic mass is 9.82. The first-order valence-electron chi connectivity index (χ1n) is 26.5. The maximum atomic E-state index is 13.9. The molecule has 3 fully saturated rings. The average Bonchev–Trinajstić information content (AvgIpc) is 3.27. The predicted octanol–water partition coefficient (Wildman–Crippen LogP) is 15.0. The van der Waals surface area contributed by atoms with Crippen LogP contribution < -0.4 is 16.0 Å². The summed E-state index contributed by atoms with van der Waals surface area (Å²) in [6, 6.07) is 5.62. The molecule has 3 aliphatic rings. The van der Waals surface area contributed by atoms with Gasteiger partial charge in [-0.2, -0.15) is 0 Å². The van der Waals surface area contributed by atoms with E-state index < -0.39 is 0 Å². The Labute approximate surface area is 369 Å². The number of carbonyl (C=O) groups is 3. The number of hydrogen-bond acceptors (Lipinski definition) is 3. The maximum absolute atomic E-state index is 13.9. The molecular weight excluding hydrogens is 739 g/mol. The van der Waals surface area contributed by atoms with Gasteiger partial charge < -0.3 is 16.0 Å². The summed E-state index contributed by atoms with van der Waals surface area (Å²) < 4.78 is 0. The molecule has 6 heteroatoms. The van der Waals surface area contributed by atoms with Gasteiger partial charge in [-0.1, -0.05) is 175 Å². The van der Waals surface area contributed by atoms with Crippen molar-refractivity contribution in [3.05, 3.63) is 34.9 Å². The Balaban J connectivity index is 1.28. The quantitative estimate of drug-likeness (QED) is 0.0675. The van der Waals surface area contributed by atoms with Gasteiger partial charge in [0.2, 0.25) is 0 Å². The molecule has 3 amide bonds. The maximum Gasteiger partial charge on any atom is 0.251 e. The summed E-state index contributed by atoms with van der Waals surface area (Å²) in [6.07, 6.45) is 45.3. The van der Waals surface area contributed by atoms with Crippen molar-refractivity contribution in [1.82, 2.24) is 16.0 Å². The van der Waals surface area contributed by atoms with Crippen molar-refractivity contribution in [2.24, 2.45) is 17.8 Å². The van der Waals surface area contributed by atoms with E-state index in [2.05, 4.69) is 36.7 Å². The molecule has 3 N–H and O–H groups in total. The van der Waals surface area contributed by atoms with E-state index in [0.717, 1.165) is 56.3 Å². The van der Waals surface area contributed by atoms with Crippen molar-refractivity contribution >= 4 is 17.7 Å². The average molecular weight is 832 g/mol. The van der Waals surface area contributed by atoms with E-state index in [9.17, 15) is 14.4 Å². The fraction of sp³-hybridized carbons (Fsp3) is 0.833. The van der Waals surface area contributed by atoms with Crippen LogP contribution in [-0.2, 0) is 0 Å². The molecule has 0 atom stereocenters. The first-order valence-corrected chi connectivity index (χ1v) is 26.5. The zero-order chi connectivity index (χ0) is 42.6. The molecule has 3 aliphatic carbocycles. The molecule has 0 radical (unpaired) electrons. The van der Waals surface area contributed by atoms with Crippen LogP contribution in [0.2, 0.25) is 0 Å². The highest BCUT2D eigenvalue weighted by Crippen LogP contribution is 2.32. The van der Waals surface area contributed by atoms with E-state index in [4.69, 9.17) is 0 Å². The number of unbranched alkanes of at least 4 members (excludes halogenated alkanes) is 18. The van der Waals surface area contributed by atoms with Gasteiger partial charge in [0.05, 0.1) is 0 Å². The van der Waals surface area contributed by atoms with Gasteiger partial charge in [0.1, 0.15) is 0 Å². The molecule has 0 heterocycles. The molecule has 3 saturated carbocycles. The van der Waals surface area contributed by atoms with Crippen LogP contribution in [0.15, 0.2) is 18.2 Å². The van der Waals surface area contributed by atoms with Crippen LogP contribution in [0.5, 0.6) is 0 Å². The van der Waals surface area contributed by atoms with E-state index >= 15 is 0 Å². The minimum absolute atomic E-state index is 0.144. The third-order valence-electron chi connectivity index (χ3n) is 14.9. The summed E-state index contributed by atoms with van der Waals surface area (Å²) in [5, 5.41) is 9.96. The minimum Gasteiger partial charge on any atom is -0.349 e. The second kappa shape index (κ2) is 30.6. The molecule has 0 saturated heterocycles. The molecule has 0 spiro atoms. The highest BCUT2D eigenvalue weighted by molar-refractivity contribution is 6.04. The van der Waals surface area contributed by atoms with E-state index in [1.807, 2.05) is 0 Å². The Morgan fingerprint density at radius 2 is 0.567 bits per heavy atom. The van der Waals surface area contributed by atoms with Gasteiger partial charge in [-0.3, -0.25) is 14.4 Å². The van der Waals surface area contributed by atoms with Crippen molar-refractivity contribution in [2.75, 3.05) is 0 Å². The summed E-state index contributed by atoms with van der Waals surface area (Å²) in [4.78, 5) is 41.7. The van der Waals surface area contributed by atoms with Crippen LogP contribution in [0, 0.1) is 17.8 Å². The number of hydrogen-bond donors (Lipinski definition) is 3. The van der Waals surface area contributed by atoms with Gasteiger partial charge in [0.25, 0.3) is 17.7 Å². The van der Waals surface area contributed by atoms with Gasteiger partial charge >= 0.3 is 0 Å². The molecule has 0 aromatic heterocycles. The Morgan fingerprint density at radius 1 is 0.350 bits per heavy atom. The van der Waals surface area contributed by atoms with Gasteiger partial charge in [-0.05, 0) is 113 Å². The summed E-state index contributed by atoms with van der Waals surface area (Å²) in [5.41, 5.74) is 1.28. The minimum atomic E-state index is -0.161. The van der Waals surface area contributed by atoms with E-state index in [0.29, 0.717) is 16.7 Å². The van der Waals surface area contributed by atoms with Crippen LogP contribution in [0.4, 0.5) is 0 Å². The molecule has 342 valence electrons.